The minimum atomic E-state index is -0.950. The Kier molecular flexibility index (Phi) is 1.80. The van der Waals surface area contributed by atoms with Gasteiger partial charge in [-0.1, -0.05) is 6.07 Å². The van der Waals surface area contributed by atoms with Gasteiger partial charge in [0.25, 0.3) is 0 Å². The number of H-pyrrole nitrogens is 1. The lowest BCUT2D eigenvalue weighted by atomic mass is 10.2. The number of carboxylic acids is 1. The second kappa shape index (κ2) is 3.10. The SMILES string of the molecule is Cc1ccc2c(c1)nc1[nH]c(C)c(C(=O)O)n12. The van der Waals surface area contributed by atoms with Crippen LogP contribution >= 0.6 is 0 Å². The maximum atomic E-state index is 11.2. The summed E-state index contributed by atoms with van der Waals surface area (Å²) >= 11 is 0. The topological polar surface area (TPSA) is 70.4 Å². The molecule has 1 aromatic carbocycles. The Morgan fingerprint density at radius 2 is 2.18 bits per heavy atom. The highest BCUT2D eigenvalue weighted by Gasteiger charge is 2.18. The average Bonchev–Trinajstić information content (AvgIpc) is 2.70. The number of hydrogen-bond donors (Lipinski definition) is 2. The second-order valence-electron chi connectivity index (χ2n) is 4.17. The Labute approximate surface area is 96.7 Å². The minimum absolute atomic E-state index is 0.242. The lowest BCUT2D eigenvalue weighted by Gasteiger charge is -1.97. The van der Waals surface area contributed by atoms with Gasteiger partial charge in [-0.3, -0.25) is 4.40 Å². The Bertz CT molecular complexity index is 752. The van der Waals surface area contributed by atoms with Crippen molar-refractivity contribution in [3.63, 3.8) is 0 Å². The third kappa shape index (κ3) is 1.25. The van der Waals surface area contributed by atoms with Crippen LogP contribution in [0.25, 0.3) is 16.8 Å². The Morgan fingerprint density at radius 3 is 2.88 bits per heavy atom. The summed E-state index contributed by atoms with van der Waals surface area (Å²) in [5.41, 5.74) is 3.58. The summed E-state index contributed by atoms with van der Waals surface area (Å²) in [4.78, 5) is 18.6. The molecule has 2 aromatic heterocycles. The van der Waals surface area contributed by atoms with Crippen LogP contribution in [0.5, 0.6) is 0 Å². The number of benzene rings is 1. The molecule has 0 saturated heterocycles. The Balaban J connectivity index is 2.52. The predicted molar refractivity (Wildman–Crippen MR) is 63.5 cm³/mol. The number of carbonyl (C=O) groups is 1. The molecule has 2 N–H and O–H groups in total. The first kappa shape index (κ1) is 9.89. The van der Waals surface area contributed by atoms with Gasteiger partial charge in [0.15, 0.2) is 5.69 Å². The van der Waals surface area contributed by atoms with E-state index >= 15 is 0 Å². The van der Waals surface area contributed by atoms with Crippen LogP contribution in [0.4, 0.5) is 0 Å². The number of nitrogens with zero attached hydrogens (tertiary/aromatic N) is 2. The zero-order valence-electron chi connectivity index (χ0n) is 9.48. The summed E-state index contributed by atoms with van der Waals surface area (Å²) in [5.74, 6) is -0.380. The van der Waals surface area contributed by atoms with Gasteiger partial charge in [-0.15, -0.1) is 0 Å². The van der Waals surface area contributed by atoms with E-state index in [9.17, 15) is 9.90 Å². The fraction of sp³-hybridized carbons (Fsp3) is 0.167. The van der Waals surface area contributed by atoms with Crippen molar-refractivity contribution in [2.45, 2.75) is 13.8 Å². The molecule has 2 heterocycles. The molecule has 5 heteroatoms. The number of carboxylic acid groups (broad SMARTS) is 1. The molecule has 0 aliphatic rings. The molecule has 0 saturated carbocycles. The first-order valence-corrected chi connectivity index (χ1v) is 5.28. The summed E-state index contributed by atoms with van der Waals surface area (Å²) in [7, 11) is 0. The highest BCUT2D eigenvalue weighted by molar-refractivity contribution is 5.92. The molecule has 3 rings (SSSR count). The highest BCUT2D eigenvalue weighted by atomic mass is 16.4. The Morgan fingerprint density at radius 1 is 1.41 bits per heavy atom. The van der Waals surface area contributed by atoms with Crippen LogP contribution in [0.2, 0.25) is 0 Å². The van der Waals surface area contributed by atoms with Gasteiger partial charge in [-0.2, -0.15) is 0 Å². The van der Waals surface area contributed by atoms with Crippen molar-refractivity contribution in [2.75, 3.05) is 0 Å². The van der Waals surface area contributed by atoms with Crippen LogP contribution in [0.1, 0.15) is 21.7 Å². The van der Waals surface area contributed by atoms with E-state index in [0.717, 1.165) is 16.6 Å². The number of nitrogens with one attached hydrogen (secondary N) is 1. The fourth-order valence-electron chi connectivity index (χ4n) is 2.15. The van der Waals surface area contributed by atoms with E-state index in [0.29, 0.717) is 11.5 Å². The van der Waals surface area contributed by atoms with Gasteiger partial charge in [-0.05, 0) is 31.5 Å². The van der Waals surface area contributed by atoms with Gasteiger partial charge >= 0.3 is 5.97 Å². The van der Waals surface area contributed by atoms with Gasteiger partial charge in [0.2, 0.25) is 5.78 Å². The van der Waals surface area contributed by atoms with Crippen molar-refractivity contribution in [1.82, 2.24) is 14.4 Å². The molecule has 0 bridgehead atoms. The molecular formula is C12H11N3O2. The molecule has 5 nitrogen and oxygen atoms in total. The summed E-state index contributed by atoms with van der Waals surface area (Å²) in [5, 5.41) is 9.22. The molecule has 0 aliphatic heterocycles. The predicted octanol–water partition coefficient (Wildman–Crippen LogP) is 2.13. The number of aryl methyl sites for hydroxylation is 2. The van der Waals surface area contributed by atoms with Crippen LogP contribution in [0.15, 0.2) is 18.2 Å². The van der Waals surface area contributed by atoms with Crippen molar-refractivity contribution in [2.24, 2.45) is 0 Å². The summed E-state index contributed by atoms with van der Waals surface area (Å²) < 4.78 is 1.65. The molecule has 17 heavy (non-hydrogen) atoms. The maximum Gasteiger partial charge on any atom is 0.354 e. The first-order valence-electron chi connectivity index (χ1n) is 5.28. The molecular weight excluding hydrogens is 218 g/mol. The quantitative estimate of drug-likeness (QED) is 0.671. The largest absolute Gasteiger partial charge is 0.477 e. The molecule has 0 radical (unpaired) electrons. The smallest absolute Gasteiger partial charge is 0.354 e. The fourth-order valence-corrected chi connectivity index (χ4v) is 2.15. The summed E-state index contributed by atoms with van der Waals surface area (Å²) in [6.07, 6.45) is 0. The molecule has 0 aliphatic carbocycles. The molecule has 86 valence electrons. The first-order chi connectivity index (χ1) is 8.08. The third-order valence-electron chi connectivity index (χ3n) is 2.89. The standard InChI is InChI=1S/C12H11N3O2/c1-6-3-4-9-8(5-6)14-12-13-7(2)10(11(16)17)15(9)12/h3-5H,1-2H3,(H,13,14)(H,16,17). The number of imidazole rings is 2. The lowest BCUT2D eigenvalue weighted by molar-refractivity contribution is 0.0689. The number of fused-ring (bicyclic) bond motifs is 3. The number of aromatic carboxylic acids is 1. The van der Waals surface area contributed by atoms with Crippen molar-refractivity contribution < 1.29 is 9.90 Å². The monoisotopic (exact) mass is 229 g/mol. The molecule has 3 aromatic rings. The van der Waals surface area contributed by atoms with Crippen molar-refractivity contribution >= 4 is 22.8 Å². The zero-order valence-corrected chi connectivity index (χ0v) is 9.48. The number of aromatic amines is 1. The van der Waals surface area contributed by atoms with E-state index in [4.69, 9.17) is 0 Å². The van der Waals surface area contributed by atoms with E-state index in [2.05, 4.69) is 9.97 Å². The van der Waals surface area contributed by atoms with Gasteiger partial charge in [0.05, 0.1) is 11.0 Å². The van der Waals surface area contributed by atoms with Gasteiger partial charge in [-0.25, -0.2) is 9.78 Å². The second-order valence-corrected chi connectivity index (χ2v) is 4.17. The lowest BCUT2D eigenvalue weighted by Crippen LogP contribution is -2.02. The van der Waals surface area contributed by atoms with Crippen LogP contribution in [0.3, 0.4) is 0 Å². The number of rotatable bonds is 1. The van der Waals surface area contributed by atoms with Crippen LogP contribution in [-0.4, -0.2) is 25.4 Å². The molecule has 0 fully saturated rings. The van der Waals surface area contributed by atoms with Gasteiger partial charge in [0.1, 0.15) is 0 Å². The van der Waals surface area contributed by atoms with E-state index in [1.807, 2.05) is 25.1 Å². The molecule has 0 unspecified atom stereocenters. The minimum Gasteiger partial charge on any atom is -0.477 e. The van der Waals surface area contributed by atoms with E-state index in [-0.39, 0.29) is 5.69 Å². The van der Waals surface area contributed by atoms with Crippen LogP contribution in [-0.2, 0) is 0 Å². The van der Waals surface area contributed by atoms with E-state index < -0.39 is 5.97 Å². The maximum absolute atomic E-state index is 11.2. The third-order valence-corrected chi connectivity index (χ3v) is 2.89. The molecule has 0 atom stereocenters. The average molecular weight is 229 g/mol. The Hall–Kier alpha value is -2.30. The number of aromatic nitrogens is 3. The van der Waals surface area contributed by atoms with Crippen molar-refractivity contribution in [1.29, 1.82) is 0 Å². The highest BCUT2D eigenvalue weighted by Crippen LogP contribution is 2.21. The molecule has 0 amide bonds. The van der Waals surface area contributed by atoms with E-state index in [1.165, 1.54) is 0 Å². The van der Waals surface area contributed by atoms with Crippen LogP contribution < -0.4 is 0 Å². The van der Waals surface area contributed by atoms with Crippen molar-refractivity contribution in [3.8, 4) is 0 Å². The van der Waals surface area contributed by atoms with E-state index in [1.54, 1.807) is 11.3 Å². The van der Waals surface area contributed by atoms with Gasteiger partial charge < -0.3 is 10.1 Å². The van der Waals surface area contributed by atoms with Gasteiger partial charge in [0, 0.05) is 5.69 Å². The molecule has 0 spiro atoms. The van der Waals surface area contributed by atoms with Crippen LogP contribution in [0, 0.1) is 13.8 Å². The summed E-state index contributed by atoms with van der Waals surface area (Å²) in [6, 6.07) is 5.78. The zero-order chi connectivity index (χ0) is 12.2. The summed E-state index contributed by atoms with van der Waals surface area (Å²) in [6.45, 7) is 3.72. The normalized spacial score (nSPS) is 11.4. The van der Waals surface area contributed by atoms with Crippen molar-refractivity contribution in [3.05, 3.63) is 35.2 Å². The number of hydrogen-bond acceptors (Lipinski definition) is 2.